The molecule has 0 spiro atoms. The fourth-order valence-corrected chi connectivity index (χ4v) is 3.22. The highest BCUT2D eigenvalue weighted by Gasteiger charge is 2.54. The van der Waals surface area contributed by atoms with Crippen molar-refractivity contribution < 1.29 is 19.4 Å². The molecule has 3 heterocycles. The number of nitrogens with zero attached hydrogens (tertiary/aromatic N) is 1. The monoisotopic (exact) mass is 251 g/mol. The van der Waals surface area contributed by atoms with Crippen LogP contribution >= 0.6 is 0 Å². The summed E-state index contributed by atoms with van der Waals surface area (Å²) in [5.41, 5.74) is 0. The standard InChI is InChI=1S/C13H17NO4/c15-12(14-6-2-1-3-7-14)10-8-4-5-9(18-8)11(10)13(16)17/h4-5,8-11H,1-3,6-7H2,(H,16,17)/t8?,9?,10-,11+/m1/s1. The Morgan fingerprint density at radius 1 is 1.06 bits per heavy atom. The summed E-state index contributed by atoms with van der Waals surface area (Å²) in [7, 11) is 0. The van der Waals surface area contributed by atoms with Crippen molar-refractivity contribution in [1.29, 1.82) is 0 Å². The number of carboxylic acids is 1. The van der Waals surface area contributed by atoms with E-state index in [9.17, 15) is 14.7 Å². The second-order valence-corrected chi connectivity index (χ2v) is 5.23. The molecule has 0 aliphatic carbocycles. The van der Waals surface area contributed by atoms with Crippen molar-refractivity contribution >= 4 is 11.9 Å². The quantitative estimate of drug-likeness (QED) is 0.732. The van der Waals surface area contributed by atoms with Gasteiger partial charge in [-0.1, -0.05) is 12.2 Å². The highest BCUT2D eigenvalue weighted by Crippen LogP contribution is 2.40. The van der Waals surface area contributed by atoms with Gasteiger partial charge >= 0.3 is 5.97 Å². The highest BCUT2D eigenvalue weighted by molar-refractivity contribution is 5.87. The Bertz CT molecular complexity index is 400. The normalized spacial score (nSPS) is 38.1. The van der Waals surface area contributed by atoms with Gasteiger partial charge in [0.1, 0.15) is 5.92 Å². The molecule has 98 valence electrons. The maximum Gasteiger partial charge on any atom is 0.310 e. The molecule has 5 nitrogen and oxygen atoms in total. The first kappa shape index (κ1) is 11.7. The summed E-state index contributed by atoms with van der Waals surface area (Å²) in [4.78, 5) is 25.6. The maximum atomic E-state index is 12.5. The Morgan fingerprint density at radius 3 is 2.28 bits per heavy atom. The number of rotatable bonds is 2. The van der Waals surface area contributed by atoms with Gasteiger partial charge in [0.25, 0.3) is 0 Å². The minimum Gasteiger partial charge on any atom is -0.481 e. The van der Waals surface area contributed by atoms with E-state index < -0.39 is 23.9 Å². The minimum atomic E-state index is -0.929. The number of ether oxygens (including phenoxy) is 1. The van der Waals surface area contributed by atoms with Crippen LogP contribution in [0.4, 0.5) is 0 Å². The SMILES string of the molecule is O=C(O)[C@H]1C2C=CC(O2)[C@H]1C(=O)N1CCCCC1. The largest absolute Gasteiger partial charge is 0.481 e. The summed E-state index contributed by atoms with van der Waals surface area (Å²) in [6.45, 7) is 1.51. The fraction of sp³-hybridized carbons (Fsp3) is 0.692. The van der Waals surface area contributed by atoms with E-state index in [4.69, 9.17) is 4.74 Å². The van der Waals surface area contributed by atoms with E-state index in [0.717, 1.165) is 32.4 Å². The van der Waals surface area contributed by atoms with Crippen LogP contribution in [0.25, 0.3) is 0 Å². The molecule has 1 amide bonds. The molecule has 1 N–H and O–H groups in total. The van der Waals surface area contributed by atoms with Crippen LogP contribution in [-0.2, 0) is 14.3 Å². The number of carbonyl (C=O) groups excluding carboxylic acids is 1. The van der Waals surface area contributed by atoms with E-state index in [-0.39, 0.29) is 12.0 Å². The van der Waals surface area contributed by atoms with Gasteiger partial charge in [-0.15, -0.1) is 0 Å². The Morgan fingerprint density at radius 2 is 1.67 bits per heavy atom. The number of piperidine rings is 1. The molecule has 3 aliphatic heterocycles. The maximum absolute atomic E-state index is 12.5. The van der Waals surface area contributed by atoms with Crippen molar-refractivity contribution in [2.75, 3.05) is 13.1 Å². The molecule has 2 saturated heterocycles. The van der Waals surface area contributed by atoms with Gasteiger partial charge in [-0.05, 0) is 19.3 Å². The summed E-state index contributed by atoms with van der Waals surface area (Å²) in [6.07, 6.45) is 6.01. The van der Waals surface area contributed by atoms with Crippen LogP contribution in [0.15, 0.2) is 12.2 Å². The fourth-order valence-electron chi connectivity index (χ4n) is 3.22. The molecule has 0 aromatic heterocycles. The van der Waals surface area contributed by atoms with Crippen LogP contribution in [-0.4, -0.2) is 47.2 Å². The number of likely N-dealkylation sites (tertiary alicyclic amines) is 1. The second kappa shape index (κ2) is 4.39. The van der Waals surface area contributed by atoms with E-state index >= 15 is 0 Å². The Kier molecular flexibility index (Phi) is 2.86. The number of hydrogen-bond donors (Lipinski definition) is 1. The van der Waals surface area contributed by atoms with Gasteiger partial charge in [-0.2, -0.15) is 0 Å². The summed E-state index contributed by atoms with van der Waals surface area (Å²) >= 11 is 0. The molecule has 2 bridgehead atoms. The van der Waals surface area contributed by atoms with Gasteiger partial charge in [0.05, 0.1) is 18.1 Å². The third kappa shape index (κ3) is 1.73. The zero-order valence-electron chi connectivity index (χ0n) is 10.1. The van der Waals surface area contributed by atoms with Crippen molar-refractivity contribution in [2.45, 2.75) is 31.5 Å². The molecule has 0 radical (unpaired) electrons. The van der Waals surface area contributed by atoms with E-state index in [0.29, 0.717) is 0 Å². The molecule has 2 unspecified atom stereocenters. The van der Waals surface area contributed by atoms with E-state index in [1.807, 2.05) is 11.0 Å². The molecular weight excluding hydrogens is 234 g/mol. The predicted octanol–water partition coefficient (Wildman–Crippen LogP) is 0.653. The summed E-state index contributed by atoms with van der Waals surface area (Å²) < 4.78 is 5.53. The van der Waals surface area contributed by atoms with Gasteiger partial charge in [0, 0.05) is 13.1 Å². The number of amides is 1. The lowest BCUT2D eigenvalue weighted by atomic mass is 9.82. The van der Waals surface area contributed by atoms with Crippen molar-refractivity contribution in [1.82, 2.24) is 4.90 Å². The number of fused-ring (bicyclic) bond motifs is 2. The summed E-state index contributed by atoms with van der Waals surface area (Å²) in [5.74, 6) is -2.22. The van der Waals surface area contributed by atoms with Crippen LogP contribution in [0.5, 0.6) is 0 Å². The van der Waals surface area contributed by atoms with Gasteiger partial charge in [-0.25, -0.2) is 0 Å². The molecule has 18 heavy (non-hydrogen) atoms. The first-order valence-corrected chi connectivity index (χ1v) is 6.54. The third-order valence-corrected chi connectivity index (χ3v) is 4.14. The second-order valence-electron chi connectivity index (χ2n) is 5.23. The molecule has 5 heteroatoms. The third-order valence-electron chi connectivity index (χ3n) is 4.14. The van der Waals surface area contributed by atoms with E-state index in [2.05, 4.69) is 0 Å². The predicted molar refractivity (Wildman–Crippen MR) is 62.8 cm³/mol. The molecule has 0 aromatic rings. The first-order valence-electron chi connectivity index (χ1n) is 6.54. The van der Waals surface area contributed by atoms with Crippen LogP contribution in [0.3, 0.4) is 0 Å². The van der Waals surface area contributed by atoms with Crippen LogP contribution < -0.4 is 0 Å². The van der Waals surface area contributed by atoms with Gasteiger partial charge in [0.2, 0.25) is 5.91 Å². The number of hydrogen-bond acceptors (Lipinski definition) is 3. The van der Waals surface area contributed by atoms with Crippen molar-refractivity contribution in [3.05, 3.63) is 12.2 Å². The minimum absolute atomic E-state index is 0.0426. The number of carbonyl (C=O) groups is 2. The van der Waals surface area contributed by atoms with Crippen LogP contribution in [0, 0.1) is 11.8 Å². The van der Waals surface area contributed by atoms with E-state index in [1.165, 1.54) is 0 Å². The average molecular weight is 251 g/mol. The molecule has 3 aliphatic rings. The molecule has 4 atom stereocenters. The zero-order chi connectivity index (χ0) is 12.7. The number of aliphatic carboxylic acids is 1. The lowest BCUT2D eigenvalue weighted by Crippen LogP contribution is -2.46. The van der Waals surface area contributed by atoms with Gasteiger partial charge in [0.15, 0.2) is 0 Å². The Hall–Kier alpha value is -1.36. The van der Waals surface area contributed by atoms with Crippen LogP contribution in [0.1, 0.15) is 19.3 Å². The summed E-state index contributed by atoms with van der Waals surface area (Å²) in [6, 6.07) is 0. The summed E-state index contributed by atoms with van der Waals surface area (Å²) in [5, 5.41) is 9.27. The highest BCUT2D eigenvalue weighted by atomic mass is 16.5. The molecule has 3 rings (SSSR count). The first-order chi connectivity index (χ1) is 8.68. The van der Waals surface area contributed by atoms with Gasteiger partial charge < -0.3 is 14.7 Å². The van der Waals surface area contributed by atoms with Crippen molar-refractivity contribution in [3.63, 3.8) is 0 Å². The number of carboxylic acid groups (broad SMARTS) is 1. The van der Waals surface area contributed by atoms with E-state index in [1.54, 1.807) is 6.08 Å². The Labute approximate surface area is 105 Å². The lowest BCUT2D eigenvalue weighted by molar-refractivity contribution is -0.149. The Balaban J connectivity index is 1.79. The topological polar surface area (TPSA) is 66.8 Å². The average Bonchev–Trinajstić information content (AvgIpc) is 2.99. The van der Waals surface area contributed by atoms with Gasteiger partial charge in [-0.3, -0.25) is 9.59 Å². The molecule has 0 saturated carbocycles. The van der Waals surface area contributed by atoms with Crippen LogP contribution in [0.2, 0.25) is 0 Å². The lowest BCUT2D eigenvalue weighted by Gasteiger charge is -2.31. The smallest absolute Gasteiger partial charge is 0.310 e. The zero-order valence-corrected chi connectivity index (χ0v) is 10.1. The van der Waals surface area contributed by atoms with Crippen molar-refractivity contribution in [3.8, 4) is 0 Å². The van der Waals surface area contributed by atoms with Crippen molar-refractivity contribution in [2.24, 2.45) is 11.8 Å². The molecule has 2 fully saturated rings. The molecule has 0 aromatic carbocycles. The molecular formula is C13H17NO4.